The maximum atomic E-state index is 11.9. The van der Waals surface area contributed by atoms with E-state index < -0.39 is 0 Å². The molecule has 0 radical (unpaired) electrons. The zero-order valence-corrected chi connectivity index (χ0v) is 12.9. The maximum Gasteiger partial charge on any atom is 0.226 e. The number of ether oxygens (including phenoxy) is 2. The van der Waals surface area contributed by atoms with Crippen LogP contribution in [0.2, 0.25) is 0 Å². The Morgan fingerprint density at radius 1 is 1.36 bits per heavy atom. The number of nitrogens with zero attached hydrogens (tertiary/aromatic N) is 1. The van der Waals surface area contributed by atoms with Gasteiger partial charge in [-0.05, 0) is 31.5 Å². The van der Waals surface area contributed by atoms with Gasteiger partial charge in [-0.2, -0.15) is 5.10 Å². The van der Waals surface area contributed by atoms with Crippen molar-refractivity contribution in [3.8, 4) is 11.5 Å². The zero-order valence-electron chi connectivity index (χ0n) is 12.9. The number of hydrogen-bond donors (Lipinski definition) is 2. The Bertz CT molecular complexity index is 709. The molecule has 2 aromatic rings. The van der Waals surface area contributed by atoms with Crippen LogP contribution >= 0.6 is 0 Å². The van der Waals surface area contributed by atoms with Crippen molar-refractivity contribution in [2.24, 2.45) is 0 Å². The van der Waals surface area contributed by atoms with E-state index >= 15 is 0 Å². The minimum Gasteiger partial charge on any atom is -0.493 e. The minimum atomic E-state index is -0.0351. The van der Waals surface area contributed by atoms with Crippen LogP contribution in [0.25, 0.3) is 0 Å². The predicted molar refractivity (Wildman–Crippen MR) is 82.6 cm³/mol. The third-order valence-electron chi connectivity index (χ3n) is 3.88. The van der Waals surface area contributed by atoms with Crippen LogP contribution in [-0.2, 0) is 4.79 Å². The first-order chi connectivity index (χ1) is 10.6. The van der Waals surface area contributed by atoms with Crippen molar-refractivity contribution >= 4 is 11.7 Å². The molecule has 1 aromatic heterocycles. The molecule has 6 nitrogen and oxygen atoms in total. The predicted octanol–water partition coefficient (Wildman–Crippen LogP) is 2.60. The lowest BCUT2D eigenvalue weighted by molar-refractivity contribution is -0.116. The fourth-order valence-corrected chi connectivity index (χ4v) is 2.89. The van der Waals surface area contributed by atoms with E-state index in [1.165, 1.54) is 0 Å². The number of methoxy groups -OCH3 is 1. The first-order valence-electron chi connectivity index (χ1n) is 7.29. The second-order valence-electron chi connectivity index (χ2n) is 5.26. The number of amides is 1. The highest BCUT2D eigenvalue weighted by Crippen LogP contribution is 2.40. The largest absolute Gasteiger partial charge is 0.493 e. The van der Waals surface area contributed by atoms with Gasteiger partial charge in [0.15, 0.2) is 17.3 Å². The van der Waals surface area contributed by atoms with Crippen molar-refractivity contribution in [3.63, 3.8) is 0 Å². The van der Waals surface area contributed by atoms with E-state index in [0.29, 0.717) is 30.3 Å². The molecule has 1 aliphatic rings. The van der Waals surface area contributed by atoms with E-state index in [1.54, 1.807) is 7.11 Å². The topological polar surface area (TPSA) is 76.2 Å². The lowest BCUT2D eigenvalue weighted by Gasteiger charge is -2.23. The van der Waals surface area contributed by atoms with E-state index in [9.17, 15) is 4.79 Å². The Hall–Kier alpha value is -2.50. The monoisotopic (exact) mass is 301 g/mol. The van der Waals surface area contributed by atoms with Crippen molar-refractivity contribution in [2.45, 2.75) is 26.2 Å². The van der Waals surface area contributed by atoms with Crippen molar-refractivity contribution < 1.29 is 14.3 Å². The molecule has 116 valence electrons. The summed E-state index contributed by atoms with van der Waals surface area (Å²) in [6, 6.07) is 5.80. The summed E-state index contributed by atoms with van der Waals surface area (Å²) in [6.45, 7) is 4.47. The number of aromatic amines is 1. The SMILES string of the molecule is CCOc1ccc([C@@H]2CC(=O)Nc3n[nH]c(C)c32)cc1OC. The molecule has 0 saturated carbocycles. The fraction of sp³-hybridized carbons (Fsp3) is 0.375. The molecule has 1 aliphatic heterocycles. The highest BCUT2D eigenvalue weighted by molar-refractivity contribution is 5.94. The van der Waals surface area contributed by atoms with E-state index in [-0.39, 0.29) is 11.8 Å². The summed E-state index contributed by atoms with van der Waals surface area (Å²) in [5.41, 5.74) is 3.01. The van der Waals surface area contributed by atoms with E-state index in [4.69, 9.17) is 9.47 Å². The highest BCUT2D eigenvalue weighted by Gasteiger charge is 2.30. The van der Waals surface area contributed by atoms with Gasteiger partial charge in [-0.25, -0.2) is 0 Å². The van der Waals surface area contributed by atoms with Crippen molar-refractivity contribution in [2.75, 3.05) is 19.0 Å². The van der Waals surface area contributed by atoms with Crippen LogP contribution in [0.3, 0.4) is 0 Å². The minimum absolute atomic E-state index is 0.0307. The van der Waals surface area contributed by atoms with Crippen LogP contribution in [-0.4, -0.2) is 29.8 Å². The quantitative estimate of drug-likeness (QED) is 0.910. The molecule has 6 heteroatoms. The number of H-pyrrole nitrogens is 1. The van der Waals surface area contributed by atoms with E-state index in [1.807, 2.05) is 32.0 Å². The smallest absolute Gasteiger partial charge is 0.226 e. The molecule has 0 saturated heterocycles. The first-order valence-corrected chi connectivity index (χ1v) is 7.29. The molecule has 2 N–H and O–H groups in total. The van der Waals surface area contributed by atoms with Gasteiger partial charge in [0.2, 0.25) is 5.91 Å². The number of fused-ring (bicyclic) bond motifs is 1. The number of benzene rings is 1. The summed E-state index contributed by atoms with van der Waals surface area (Å²) in [5.74, 6) is 1.93. The second kappa shape index (κ2) is 5.71. The van der Waals surface area contributed by atoms with Crippen molar-refractivity contribution in [3.05, 3.63) is 35.0 Å². The lowest BCUT2D eigenvalue weighted by Crippen LogP contribution is -2.23. The molecule has 0 fully saturated rings. The highest BCUT2D eigenvalue weighted by atomic mass is 16.5. The molecule has 1 aromatic carbocycles. The number of aromatic nitrogens is 2. The number of carbonyl (C=O) groups excluding carboxylic acids is 1. The second-order valence-corrected chi connectivity index (χ2v) is 5.26. The summed E-state index contributed by atoms with van der Waals surface area (Å²) in [7, 11) is 1.61. The van der Waals surface area contributed by atoms with E-state index in [2.05, 4.69) is 15.5 Å². The molecule has 1 amide bonds. The molecule has 0 unspecified atom stereocenters. The molecule has 1 atom stereocenters. The van der Waals surface area contributed by atoms with Crippen molar-refractivity contribution in [1.82, 2.24) is 10.2 Å². The molecular formula is C16H19N3O3. The van der Waals surface area contributed by atoms with Gasteiger partial charge in [-0.1, -0.05) is 6.07 Å². The number of carbonyl (C=O) groups is 1. The number of hydrogen-bond acceptors (Lipinski definition) is 4. The van der Waals surface area contributed by atoms with Crippen LogP contribution < -0.4 is 14.8 Å². The fourth-order valence-electron chi connectivity index (χ4n) is 2.89. The molecule has 0 bridgehead atoms. The molecule has 3 rings (SSSR count). The average Bonchev–Trinajstić information content (AvgIpc) is 2.88. The van der Waals surface area contributed by atoms with Gasteiger partial charge in [0.05, 0.1) is 13.7 Å². The van der Waals surface area contributed by atoms with Crippen LogP contribution in [0.15, 0.2) is 18.2 Å². The number of anilines is 1. The van der Waals surface area contributed by atoms with Crippen molar-refractivity contribution in [1.29, 1.82) is 0 Å². The lowest BCUT2D eigenvalue weighted by atomic mass is 9.85. The van der Waals surface area contributed by atoms with Crippen LogP contribution in [0.4, 0.5) is 5.82 Å². The summed E-state index contributed by atoms with van der Waals surface area (Å²) >= 11 is 0. The molecule has 22 heavy (non-hydrogen) atoms. The number of nitrogens with one attached hydrogen (secondary N) is 2. The Morgan fingerprint density at radius 2 is 2.18 bits per heavy atom. The summed E-state index contributed by atoms with van der Waals surface area (Å²) in [6.07, 6.45) is 0.393. The Kier molecular flexibility index (Phi) is 3.75. The van der Waals surface area contributed by atoms with E-state index in [0.717, 1.165) is 16.8 Å². The third-order valence-corrected chi connectivity index (χ3v) is 3.88. The average molecular weight is 301 g/mol. The number of rotatable bonds is 4. The van der Waals surface area contributed by atoms with Gasteiger partial charge in [-0.15, -0.1) is 0 Å². The Morgan fingerprint density at radius 3 is 2.91 bits per heavy atom. The van der Waals surface area contributed by atoms with Gasteiger partial charge in [0.1, 0.15) is 0 Å². The number of aryl methyl sites for hydroxylation is 1. The maximum absolute atomic E-state index is 11.9. The van der Waals surface area contributed by atoms with Gasteiger partial charge in [0.25, 0.3) is 0 Å². The first kappa shape index (κ1) is 14.4. The Balaban J connectivity index is 2.04. The molecule has 0 spiro atoms. The molecule has 2 heterocycles. The van der Waals surface area contributed by atoms with Crippen LogP contribution in [0.1, 0.15) is 36.1 Å². The van der Waals surface area contributed by atoms with Gasteiger partial charge in [0, 0.05) is 23.6 Å². The van der Waals surface area contributed by atoms with Gasteiger partial charge >= 0.3 is 0 Å². The normalized spacial score (nSPS) is 16.9. The summed E-state index contributed by atoms with van der Waals surface area (Å²) < 4.78 is 11.0. The molecule has 0 aliphatic carbocycles. The summed E-state index contributed by atoms with van der Waals surface area (Å²) in [4.78, 5) is 11.9. The summed E-state index contributed by atoms with van der Waals surface area (Å²) in [5, 5.41) is 9.90. The van der Waals surface area contributed by atoms with Crippen LogP contribution in [0, 0.1) is 6.92 Å². The molecular weight excluding hydrogens is 282 g/mol. The Labute approximate surface area is 128 Å². The van der Waals surface area contributed by atoms with Gasteiger partial charge in [-0.3, -0.25) is 9.89 Å². The van der Waals surface area contributed by atoms with Crippen LogP contribution in [0.5, 0.6) is 11.5 Å². The zero-order chi connectivity index (χ0) is 15.7. The third kappa shape index (κ3) is 2.41. The van der Waals surface area contributed by atoms with Gasteiger partial charge < -0.3 is 14.8 Å². The standard InChI is InChI=1S/C16H19N3O3/c1-4-22-12-6-5-10(7-13(12)21-3)11-8-14(20)17-16-15(11)9(2)18-19-16/h5-7,11H,4,8H2,1-3H3,(H2,17,18,19,20)/t11-/m0/s1.